The van der Waals surface area contributed by atoms with Crippen molar-refractivity contribution in [2.75, 3.05) is 6.61 Å². The molecule has 2 bridgehead atoms. The number of amides is 1. The van der Waals surface area contributed by atoms with Crippen molar-refractivity contribution < 1.29 is 14.4 Å². The number of aromatic nitrogens is 2. The van der Waals surface area contributed by atoms with Crippen molar-refractivity contribution in [3.05, 3.63) is 23.0 Å². The Balaban J connectivity index is 1.79. The summed E-state index contributed by atoms with van der Waals surface area (Å²) in [6.07, 6.45) is 3.78. The summed E-state index contributed by atoms with van der Waals surface area (Å²) >= 11 is 0. The van der Waals surface area contributed by atoms with Gasteiger partial charge in [-0.2, -0.15) is 0 Å². The van der Waals surface area contributed by atoms with E-state index in [1.165, 1.54) is 0 Å². The Morgan fingerprint density at radius 3 is 2.92 bits per heavy atom. The summed E-state index contributed by atoms with van der Waals surface area (Å²) < 4.78 is 5.26. The molecule has 0 aromatic carbocycles. The molecule has 2 aromatic rings. The van der Waals surface area contributed by atoms with E-state index < -0.39 is 0 Å². The minimum absolute atomic E-state index is 0.0214. The molecule has 2 aromatic heterocycles. The van der Waals surface area contributed by atoms with Gasteiger partial charge in [0.2, 0.25) is 0 Å². The van der Waals surface area contributed by atoms with E-state index in [1.54, 1.807) is 0 Å². The molecule has 3 atom stereocenters. The second-order valence-corrected chi connectivity index (χ2v) is 7.30. The van der Waals surface area contributed by atoms with Crippen molar-refractivity contribution >= 4 is 17.0 Å². The predicted octanol–water partition coefficient (Wildman–Crippen LogP) is 2.61. The quantitative estimate of drug-likeness (QED) is 0.936. The Morgan fingerprint density at radius 1 is 1.46 bits per heavy atom. The van der Waals surface area contributed by atoms with Crippen LogP contribution in [0.15, 0.2) is 10.6 Å². The van der Waals surface area contributed by atoms with Gasteiger partial charge in [-0.25, -0.2) is 4.98 Å². The third-order valence-corrected chi connectivity index (χ3v) is 6.08. The molecule has 4 rings (SSSR count). The molecule has 1 amide bonds. The number of fused-ring (bicyclic) bond motifs is 3. The van der Waals surface area contributed by atoms with Gasteiger partial charge in [0.05, 0.1) is 23.3 Å². The van der Waals surface area contributed by atoms with Gasteiger partial charge < -0.3 is 14.5 Å². The Hall–Kier alpha value is -1.95. The Morgan fingerprint density at radius 2 is 2.25 bits per heavy atom. The number of nitrogens with zero attached hydrogens (tertiary/aromatic N) is 3. The van der Waals surface area contributed by atoms with E-state index in [0.29, 0.717) is 22.4 Å². The average molecular weight is 329 g/mol. The zero-order valence-electron chi connectivity index (χ0n) is 14.4. The first-order valence-corrected chi connectivity index (χ1v) is 8.68. The molecule has 0 unspecified atom stereocenters. The largest absolute Gasteiger partial charge is 0.396 e. The van der Waals surface area contributed by atoms with E-state index in [-0.39, 0.29) is 30.0 Å². The van der Waals surface area contributed by atoms with E-state index in [4.69, 9.17) is 4.52 Å². The summed E-state index contributed by atoms with van der Waals surface area (Å²) in [4.78, 5) is 19.7. The van der Waals surface area contributed by atoms with Crippen molar-refractivity contribution in [3.8, 4) is 0 Å². The Bertz CT molecular complexity index is 809. The molecule has 6 heteroatoms. The Labute approximate surface area is 140 Å². The highest BCUT2D eigenvalue weighted by molar-refractivity contribution is 6.06. The van der Waals surface area contributed by atoms with E-state index in [9.17, 15) is 9.90 Å². The van der Waals surface area contributed by atoms with Crippen LogP contribution in [-0.2, 0) is 0 Å². The first-order valence-electron chi connectivity index (χ1n) is 8.68. The minimum Gasteiger partial charge on any atom is -0.396 e. The van der Waals surface area contributed by atoms with Crippen LogP contribution in [0.25, 0.3) is 11.1 Å². The van der Waals surface area contributed by atoms with E-state index in [1.807, 2.05) is 24.8 Å². The summed E-state index contributed by atoms with van der Waals surface area (Å²) in [6, 6.07) is 2.17. The zero-order chi connectivity index (χ0) is 17.1. The molecule has 128 valence electrons. The molecule has 2 saturated heterocycles. The highest BCUT2D eigenvalue weighted by Crippen LogP contribution is 2.52. The highest BCUT2D eigenvalue weighted by Gasteiger charge is 2.56. The van der Waals surface area contributed by atoms with Crippen LogP contribution in [0.5, 0.6) is 0 Å². The number of carbonyl (C=O) groups is 1. The molecule has 2 aliphatic rings. The molecule has 24 heavy (non-hydrogen) atoms. The molecule has 0 aliphatic carbocycles. The molecular weight excluding hydrogens is 306 g/mol. The van der Waals surface area contributed by atoms with Crippen LogP contribution in [0.1, 0.15) is 54.4 Å². The van der Waals surface area contributed by atoms with Crippen LogP contribution in [0.2, 0.25) is 0 Å². The summed E-state index contributed by atoms with van der Waals surface area (Å²) in [5.74, 6) is 0.0214. The minimum atomic E-state index is -0.149. The lowest BCUT2D eigenvalue weighted by atomic mass is 9.72. The molecule has 2 aliphatic heterocycles. The summed E-state index contributed by atoms with van der Waals surface area (Å²) in [7, 11) is 0. The lowest BCUT2D eigenvalue weighted by molar-refractivity contribution is 0.0558. The molecule has 2 fully saturated rings. The van der Waals surface area contributed by atoms with Crippen molar-refractivity contribution in [2.24, 2.45) is 5.41 Å². The fourth-order valence-electron chi connectivity index (χ4n) is 4.78. The number of aliphatic hydroxyl groups excluding tert-OH is 1. The topological polar surface area (TPSA) is 79.5 Å². The second-order valence-electron chi connectivity index (χ2n) is 7.30. The smallest absolute Gasteiger partial charge is 0.258 e. The molecule has 0 saturated carbocycles. The monoisotopic (exact) mass is 329 g/mol. The average Bonchev–Trinajstić information content (AvgIpc) is 3.25. The summed E-state index contributed by atoms with van der Waals surface area (Å²) in [6.45, 7) is 5.95. The van der Waals surface area contributed by atoms with Gasteiger partial charge in [-0.15, -0.1) is 0 Å². The first-order chi connectivity index (χ1) is 11.5. The summed E-state index contributed by atoms with van der Waals surface area (Å²) in [5, 5.41) is 14.6. The van der Waals surface area contributed by atoms with Crippen molar-refractivity contribution in [2.45, 2.75) is 58.5 Å². The van der Waals surface area contributed by atoms with Gasteiger partial charge in [0.25, 0.3) is 11.6 Å². The van der Waals surface area contributed by atoms with Gasteiger partial charge in [-0.1, -0.05) is 12.1 Å². The number of pyridine rings is 1. The first kappa shape index (κ1) is 15.6. The second kappa shape index (κ2) is 5.28. The SMILES string of the molecule is CC[C@]1(CO)C[C@H]2CC[C@@H]1N2C(=O)c1cc(C)nc2onc(C)c12. The lowest BCUT2D eigenvalue weighted by Crippen LogP contribution is -2.42. The van der Waals surface area contributed by atoms with Crippen molar-refractivity contribution in [1.29, 1.82) is 0 Å². The molecule has 1 N–H and O–H groups in total. The molecular formula is C18H23N3O3. The van der Waals surface area contributed by atoms with Gasteiger partial charge in [0.1, 0.15) is 0 Å². The standard InChI is InChI=1S/C18H23N3O3/c1-4-18(9-22)8-12-5-6-14(18)21(12)17(23)13-7-10(2)19-16-15(13)11(3)20-24-16/h7,12,14,22H,4-6,8-9H2,1-3H3/t12-,14+,18-/m1/s1. The van der Waals surface area contributed by atoms with Crippen LogP contribution in [-0.4, -0.2) is 44.7 Å². The molecule has 4 heterocycles. The van der Waals surface area contributed by atoms with Crippen molar-refractivity contribution in [1.82, 2.24) is 15.0 Å². The molecule has 6 nitrogen and oxygen atoms in total. The maximum absolute atomic E-state index is 13.4. The predicted molar refractivity (Wildman–Crippen MR) is 88.7 cm³/mol. The Kier molecular flexibility index (Phi) is 3.42. The van der Waals surface area contributed by atoms with Crippen LogP contribution in [0.4, 0.5) is 0 Å². The lowest BCUT2D eigenvalue weighted by Gasteiger charge is -2.34. The van der Waals surface area contributed by atoms with Gasteiger partial charge in [0.15, 0.2) is 0 Å². The highest BCUT2D eigenvalue weighted by atomic mass is 16.5. The number of rotatable bonds is 3. The van der Waals surface area contributed by atoms with Gasteiger partial charge in [0, 0.05) is 23.2 Å². The number of hydrogen-bond acceptors (Lipinski definition) is 5. The maximum Gasteiger partial charge on any atom is 0.258 e. The molecule has 0 spiro atoms. The van der Waals surface area contributed by atoms with Gasteiger partial charge >= 0.3 is 0 Å². The fourth-order valence-corrected chi connectivity index (χ4v) is 4.78. The fraction of sp³-hybridized carbons (Fsp3) is 0.611. The van der Waals surface area contributed by atoms with Crippen LogP contribution >= 0.6 is 0 Å². The number of aliphatic hydroxyl groups is 1. The summed E-state index contributed by atoms with van der Waals surface area (Å²) in [5.41, 5.74) is 2.33. The van der Waals surface area contributed by atoms with Crippen LogP contribution in [0, 0.1) is 19.3 Å². The number of hydrogen-bond donors (Lipinski definition) is 1. The third-order valence-electron chi connectivity index (χ3n) is 6.08. The normalized spacial score (nSPS) is 28.9. The van der Waals surface area contributed by atoms with E-state index in [2.05, 4.69) is 17.1 Å². The molecule has 0 radical (unpaired) electrons. The third kappa shape index (κ3) is 1.95. The van der Waals surface area contributed by atoms with E-state index >= 15 is 0 Å². The number of aryl methyl sites for hydroxylation is 2. The zero-order valence-corrected chi connectivity index (χ0v) is 14.4. The van der Waals surface area contributed by atoms with Gasteiger partial charge in [-0.05, 0) is 45.6 Å². The van der Waals surface area contributed by atoms with E-state index in [0.717, 1.165) is 31.4 Å². The van der Waals surface area contributed by atoms with Gasteiger partial charge in [-0.3, -0.25) is 4.79 Å². The van der Waals surface area contributed by atoms with Crippen LogP contribution < -0.4 is 0 Å². The number of carbonyl (C=O) groups excluding carboxylic acids is 1. The van der Waals surface area contributed by atoms with Crippen LogP contribution in [0.3, 0.4) is 0 Å². The van der Waals surface area contributed by atoms with Crippen molar-refractivity contribution in [3.63, 3.8) is 0 Å². The maximum atomic E-state index is 13.4.